The van der Waals surface area contributed by atoms with Gasteiger partial charge in [0, 0.05) is 18.8 Å². The minimum absolute atomic E-state index is 0.180. The molecule has 0 amide bonds. The lowest BCUT2D eigenvalue weighted by atomic mass is 10.2. The van der Waals surface area contributed by atoms with Crippen molar-refractivity contribution in [1.82, 2.24) is 20.1 Å². The molecule has 100 valence electrons. The van der Waals surface area contributed by atoms with Crippen LogP contribution in [0.1, 0.15) is 19.3 Å². The molecule has 1 atom stereocenters. The van der Waals surface area contributed by atoms with Gasteiger partial charge in [-0.05, 0) is 19.3 Å². The Labute approximate surface area is 110 Å². The summed E-state index contributed by atoms with van der Waals surface area (Å²) in [7, 11) is 3.29. The topological polar surface area (TPSA) is 69.0 Å². The molecular weight excluding hydrogens is 252 g/mol. The van der Waals surface area contributed by atoms with Gasteiger partial charge in [0.15, 0.2) is 5.16 Å². The number of thioether (sulfide) groups is 1. The average Bonchev–Trinajstić information content (AvgIpc) is 3.10. The van der Waals surface area contributed by atoms with Crippen molar-refractivity contribution in [2.45, 2.75) is 36.5 Å². The third-order valence-electron chi connectivity index (χ3n) is 2.81. The molecule has 7 heteroatoms. The van der Waals surface area contributed by atoms with Gasteiger partial charge in [-0.15, -0.1) is 0 Å². The van der Waals surface area contributed by atoms with Crippen LogP contribution in [0, 0.1) is 0 Å². The largest absolute Gasteiger partial charge is 0.468 e. The SMILES string of the molecule is COC(=O)C(CCSc1ncnn1C)NC1CC1. The molecule has 0 aromatic carbocycles. The van der Waals surface area contributed by atoms with E-state index < -0.39 is 0 Å². The van der Waals surface area contributed by atoms with E-state index in [1.165, 1.54) is 13.4 Å². The standard InChI is InChI=1S/C11H18N4O2S/c1-15-11(12-7-13-15)18-6-5-9(10(16)17-2)14-8-3-4-8/h7-9,14H,3-6H2,1-2H3. The van der Waals surface area contributed by atoms with Crippen LogP contribution in [0.5, 0.6) is 0 Å². The normalized spacial score (nSPS) is 16.6. The van der Waals surface area contributed by atoms with Gasteiger partial charge in [0.1, 0.15) is 12.4 Å². The van der Waals surface area contributed by atoms with Crippen molar-refractivity contribution in [3.05, 3.63) is 6.33 Å². The number of carbonyl (C=O) groups excluding carboxylic acids is 1. The Kier molecular flexibility index (Phi) is 4.60. The minimum atomic E-state index is -0.205. The van der Waals surface area contributed by atoms with Gasteiger partial charge in [-0.1, -0.05) is 11.8 Å². The summed E-state index contributed by atoms with van der Waals surface area (Å²) in [5.74, 6) is 0.631. The molecule has 6 nitrogen and oxygen atoms in total. The van der Waals surface area contributed by atoms with E-state index in [0.717, 1.165) is 30.2 Å². The first-order valence-corrected chi connectivity index (χ1v) is 7.00. The smallest absolute Gasteiger partial charge is 0.322 e. The van der Waals surface area contributed by atoms with Crippen molar-refractivity contribution in [3.8, 4) is 0 Å². The maximum absolute atomic E-state index is 11.6. The Morgan fingerprint density at radius 2 is 2.50 bits per heavy atom. The molecule has 1 aliphatic rings. The van der Waals surface area contributed by atoms with Crippen LogP contribution in [0.3, 0.4) is 0 Å². The van der Waals surface area contributed by atoms with Crippen LogP contribution in [-0.4, -0.2) is 45.7 Å². The van der Waals surface area contributed by atoms with Crippen LogP contribution >= 0.6 is 11.8 Å². The Bertz CT molecular complexity index is 406. The average molecular weight is 270 g/mol. The highest BCUT2D eigenvalue weighted by molar-refractivity contribution is 7.99. The third-order valence-corrected chi connectivity index (χ3v) is 3.88. The number of rotatable bonds is 7. The number of carbonyl (C=O) groups is 1. The Morgan fingerprint density at radius 1 is 1.72 bits per heavy atom. The van der Waals surface area contributed by atoms with Crippen LogP contribution in [0.15, 0.2) is 11.5 Å². The Morgan fingerprint density at radius 3 is 3.06 bits per heavy atom. The van der Waals surface area contributed by atoms with Gasteiger partial charge in [-0.2, -0.15) is 5.10 Å². The number of methoxy groups -OCH3 is 1. The van der Waals surface area contributed by atoms with Crippen molar-refractivity contribution >= 4 is 17.7 Å². The van der Waals surface area contributed by atoms with E-state index in [1.54, 1.807) is 16.4 Å². The van der Waals surface area contributed by atoms with Crippen molar-refractivity contribution < 1.29 is 9.53 Å². The monoisotopic (exact) mass is 270 g/mol. The molecule has 1 aromatic heterocycles. The fourth-order valence-corrected chi connectivity index (χ4v) is 2.52. The lowest BCUT2D eigenvalue weighted by molar-refractivity contribution is -0.143. The summed E-state index contributed by atoms with van der Waals surface area (Å²) in [6, 6.07) is 0.289. The number of hydrogen-bond donors (Lipinski definition) is 1. The minimum Gasteiger partial charge on any atom is -0.468 e. The molecule has 1 aliphatic carbocycles. The molecule has 1 N–H and O–H groups in total. The first-order valence-electron chi connectivity index (χ1n) is 6.01. The highest BCUT2D eigenvalue weighted by atomic mass is 32.2. The van der Waals surface area contributed by atoms with Gasteiger partial charge in [0.2, 0.25) is 0 Å². The van der Waals surface area contributed by atoms with Crippen molar-refractivity contribution in [1.29, 1.82) is 0 Å². The molecule has 0 saturated heterocycles. The Balaban J connectivity index is 1.77. The Hall–Kier alpha value is -1.08. The molecule has 1 fully saturated rings. The summed E-state index contributed by atoms with van der Waals surface area (Å²) in [6.45, 7) is 0. The quantitative estimate of drug-likeness (QED) is 0.578. The number of ether oxygens (including phenoxy) is 1. The van der Waals surface area contributed by atoms with E-state index in [2.05, 4.69) is 15.4 Å². The van der Waals surface area contributed by atoms with Crippen LogP contribution in [0.25, 0.3) is 0 Å². The van der Waals surface area contributed by atoms with Crippen molar-refractivity contribution in [2.75, 3.05) is 12.9 Å². The van der Waals surface area contributed by atoms with Gasteiger partial charge >= 0.3 is 5.97 Å². The number of aryl methyl sites for hydroxylation is 1. The zero-order chi connectivity index (χ0) is 13.0. The molecule has 0 bridgehead atoms. The third kappa shape index (κ3) is 3.71. The number of esters is 1. The second-order valence-electron chi connectivity index (χ2n) is 4.32. The molecule has 1 saturated carbocycles. The zero-order valence-electron chi connectivity index (χ0n) is 10.6. The summed E-state index contributed by atoms with van der Waals surface area (Å²) >= 11 is 1.60. The lowest BCUT2D eigenvalue weighted by Crippen LogP contribution is -2.39. The molecule has 0 aliphatic heterocycles. The van der Waals surface area contributed by atoms with Crippen molar-refractivity contribution in [3.63, 3.8) is 0 Å². The van der Waals surface area contributed by atoms with Gasteiger partial charge in [-0.3, -0.25) is 4.79 Å². The van der Waals surface area contributed by atoms with E-state index in [1.807, 2.05) is 7.05 Å². The first kappa shape index (κ1) is 13.4. The molecule has 1 unspecified atom stereocenters. The van der Waals surface area contributed by atoms with Crippen LogP contribution in [0.2, 0.25) is 0 Å². The maximum Gasteiger partial charge on any atom is 0.322 e. The summed E-state index contributed by atoms with van der Waals surface area (Å²) in [5, 5.41) is 8.17. The molecule has 2 rings (SSSR count). The van der Waals surface area contributed by atoms with E-state index in [0.29, 0.717) is 6.04 Å². The molecule has 0 radical (unpaired) electrons. The fourth-order valence-electron chi connectivity index (χ4n) is 1.63. The second kappa shape index (κ2) is 6.19. The summed E-state index contributed by atoms with van der Waals surface area (Å²) in [5.41, 5.74) is 0. The van der Waals surface area contributed by atoms with Gasteiger partial charge in [0.25, 0.3) is 0 Å². The van der Waals surface area contributed by atoms with E-state index in [4.69, 9.17) is 4.74 Å². The summed E-state index contributed by atoms with van der Waals surface area (Å²) in [4.78, 5) is 15.7. The maximum atomic E-state index is 11.6. The molecule has 1 heterocycles. The van der Waals surface area contributed by atoms with Gasteiger partial charge < -0.3 is 10.1 Å². The zero-order valence-corrected chi connectivity index (χ0v) is 11.4. The summed E-state index contributed by atoms with van der Waals surface area (Å²) < 4.78 is 6.54. The predicted octanol–water partition coefficient (Wildman–Crippen LogP) is 0.591. The summed E-state index contributed by atoms with van der Waals surface area (Å²) in [6.07, 6.45) is 4.58. The van der Waals surface area contributed by atoms with E-state index in [-0.39, 0.29) is 12.0 Å². The highest BCUT2D eigenvalue weighted by Crippen LogP contribution is 2.21. The highest BCUT2D eigenvalue weighted by Gasteiger charge is 2.28. The first-order chi connectivity index (χ1) is 8.70. The van der Waals surface area contributed by atoms with E-state index >= 15 is 0 Å². The van der Waals surface area contributed by atoms with Gasteiger partial charge in [-0.25, -0.2) is 9.67 Å². The predicted molar refractivity (Wildman–Crippen MR) is 68.3 cm³/mol. The molecule has 18 heavy (non-hydrogen) atoms. The molecule has 1 aromatic rings. The number of nitrogens with zero attached hydrogens (tertiary/aromatic N) is 3. The van der Waals surface area contributed by atoms with Crippen LogP contribution in [-0.2, 0) is 16.6 Å². The number of hydrogen-bond acceptors (Lipinski definition) is 6. The number of nitrogens with one attached hydrogen (secondary N) is 1. The van der Waals surface area contributed by atoms with E-state index in [9.17, 15) is 4.79 Å². The number of aromatic nitrogens is 3. The lowest BCUT2D eigenvalue weighted by Gasteiger charge is -2.15. The second-order valence-corrected chi connectivity index (χ2v) is 5.38. The van der Waals surface area contributed by atoms with Gasteiger partial charge in [0.05, 0.1) is 7.11 Å². The fraction of sp³-hybridized carbons (Fsp3) is 0.727. The van der Waals surface area contributed by atoms with Crippen LogP contribution in [0.4, 0.5) is 0 Å². The molecule has 0 spiro atoms. The molecular formula is C11H18N4O2S. The van der Waals surface area contributed by atoms with Crippen LogP contribution < -0.4 is 5.32 Å². The van der Waals surface area contributed by atoms with Crippen molar-refractivity contribution in [2.24, 2.45) is 7.05 Å².